The molecule has 0 aromatic rings. The summed E-state index contributed by atoms with van der Waals surface area (Å²) >= 11 is 0. The Balaban J connectivity index is 3.42. The van der Waals surface area contributed by atoms with E-state index in [0.29, 0.717) is 6.42 Å². The zero-order valence-electron chi connectivity index (χ0n) is 29.4. The standard InChI is InChI=1S/C40H75NO3/c1-3-5-7-9-10-11-12-13-14-15-16-17-18-19-20-21-22-23-24-25-26-27-28-29-30-32-34-36-40(44)41-38(37-42)39(43)35-33-31-8-6-4-2/h12-13,15-16,33,35,38-39,42-43H,3-11,14,17-32,34,36-37H2,1-2H3,(H,41,44)/b13-12-,16-15-,35-33+. The minimum absolute atomic E-state index is 0.0721. The molecular weight excluding hydrogens is 542 g/mol. The predicted octanol–water partition coefficient (Wildman–Crippen LogP) is 11.5. The summed E-state index contributed by atoms with van der Waals surface area (Å²) in [6.07, 6.45) is 47.1. The first-order valence-corrected chi connectivity index (χ1v) is 19.2. The van der Waals surface area contributed by atoms with Crippen molar-refractivity contribution < 1.29 is 15.0 Å². The van der Waals surface area contributed by atoms with Crippen molar-refractivity contribution in [1.29, 1.82) is 0 Å². The van der Waals surface area contributed by atoms with Gasteiger partial charge in [-0.1, -0.05) is 172 Å². The molecule has 0 aliphatic rings. The number of amides is 1. The molecule has 3 N–H and O–H groups in total. The highest BCUT2D eigenvalue weighted by molar-refractivity contribution is 5.76. The van der Waals surface area contributed by atoms with Gasteiger partial charge in [0.05, 0.1) is 18.8 Å². The van der Waals surface area contributed by atoms with Crippen molar-refractivity contribution >= 4 is 5.91 Å². The van der Waals surface area contributed by atoms with Crippen LogP contribution in [0.4, 0.5) is 0 Å². The third-order valence-electron chi connectivity index (χ3n) is 8.62. The topological polar surface area (TPSA) is 69.6 Å². The van der Waals surface area contributed by atoms with Gasteiger partial charge in [-0.05, 0) is 51.4 Å². The number of aliphatic hydroxyl groups is 2. The molecule has 0 fully saturated rings. The first-order chi connectivity index (χ1) is 21.7. The molecular formula is C40H75NO3. The van der Waals surface area contributed by atoms with Crippen molar-refractivity contribution in [2.24, 2.45) is 0 Å². The van der Waals surface area contributed by atoms with E-state index in [9.17, 15) is 15.0 Å². The van der Waals surface area contributed by atoms with E-state index in [0.717, 1.165) is 32.1 Å². The third-order valence-corrected chi connectivity index (χ3v) is 8.62. The Morgan fingerprint density at radius 3 is 1.41 bits per heavy atom. The highest BCUT2D eigenvalue weighted by Crippen LogP contribution is 2.14. The van der Waals surface area contributed by atoms with Crippen LogP contribution in [0.2, 0.25) is 0 Å². The van der Waals surface area contributed by atoms with E-state index in [2.05, 4.69) is 43.5 Å². The Kier molecular flexibility index (Phi) is 34.9. The lowest BCUT2D eigenvalue weighted by Crippen LogP contribution is -2.45. The second-order valence-electron chi connectivity index (χ2n) is 13.0. The van der Waals surface area contributed by atoms with Crippen LogP contribution in [0.25, 0.3) is 0 Å². The summed E-state index contributed by atoms with van der Waals surface area (Å²) < 4.78 is 0. The molecule has 0 aromatic carbocycles. The van der Waals surface area contributed by atoms with Crippen LogP contribution in [0.3, 0.4) is 0 Å². The van der Waals surface area contributed by atoms with Gasteiger partial charge in [0, 0.05) is 6.42 Å². The van der Waals surface area contributed by atoms with Crippen molar-refractivity contribution in [3.05, 3.63) is 36.5 Å². The Morgan fingerprint density at radius 1 is 0.545 bits per heavy atom. The maximum atomic E-state index is 12.2. The van der Waals surface area contributed by atoms with Crippen molar-refractivity contribution in [3.63, 3.8) is 0 Å². The van der Waals surface area contributed by atoms with Gasteiger partial charge in [-0.15, -0.1) is 0 Å². The Morgan fingerprint density at radius 2 is 0.932 bits per heavy atom. The first-order valence-electron chi connectivity index (χ1n) is 19.2. The van der Waals surface area contributed by atoms with Crippen LogP contribution >= 0.6 is 0 Å². The summed E-state index contributed by atoms with van der Waals surface area (Å²) in [5, 5.41) is 22.6. The molecule has 0 aromatic heterocycles. The van der Waals surface area contributed by atoms with Crippen LogP contribution in [0.5, 0.6) is 0 Å². The lowest BCUT2D eigenvalue weighted by molar-refractivity contribution is -0.123. The number of rotatable bonds is 34. The molecule has 0 rings (SSSR count). The lowest BCUT2D eigenvalue weighted by Gasteiger charge is -2.20. The Hall–Kier alpha value is -1.39. The fraction of sp³-hybridized carbons (Fsp3) is 0.825. The van der Waals surface area contributed by atoms with E-state index < -0.39 is 12.1 Å². The van der Waals surface area contributed by atoms with E-state index in [4.69, 9.17) is 0 Å². The second kappa shape index (κ2) is 36.1. The van der Waals surface area contributed by atoms with Gasteiger partial charge in [-0.3, -0.25) is 4.79 Å². The molecule has 4 nitrogen and oxygen atoms in total. The van der Waals surface area contributed by atoms with Gasteiger partial charge in [-0.25, -0.2) is 0 Å². The third kappa shape index (κ3) is 32.0. The van der Waals surface area contributed by atoms with Crippen LogP contribution in [0.1, 0.15) is 194 Å². The van der Waals surface area contributed by atoms with Crippen molar-refractivity contribution in [1.82, 2.24) is 5.32 Å². The maximum Gasteiger partial charge on any atom is 0.220 e. The van der Waals surface area contributed by atoms with Crippen LogP contribution in [-0.2, 0) is 4.79 Å². The molecule has 4 heteroatoms. The number of allylic oxidation sites excluding steroid dienone is 5. The summed E-state index contributed by atoms with van der Waals surface area (Å²) in [5.74, 6) is -0.0721. The maximum absolute atomic E-state index is 12.2. The average Bonchev–Trinajstić information content (AvgIpc) is 3.03. The number of hydrogen-bond donors (Lipinski definition) is 3. The normalized spacial score (nSPS) is 13.5. The van der Waals surface area contributed by atoms with Gasteiger partial charge in [0.25, 0.3) is 0 Å². The first kappa shape index (κ1) is 42.6. The van der Waals surface area contributed by atoms with Crippen molar-refractivity contribution in [3.8, 4) is 0 Å². The zero-order valence-corrected chi connectivity index (χ0v) is 29.4. The van der Waals surface area contributed by atoms with E-state index in [1.807, 2.05) is 6.08 Å². The van der Waals surface area contributed by atoms with E-state index in [1.54, 1.807) is 6.08 Å². The van der Waals surface area contributed by atoms with Gasteiger partial charge in [0.15, 0.2) is 0 Å². The SMILES string of the molecule is CCCCC/C=C/C(O)C(CO)NC(=O)CCCCCCCCCCCCCCCCC/C=C\C/C=C\CCCCCCC. The van der Waals surface area contributed by atoms with Gasteiger partial charge >= 0.3 is 0 Å². The predicted molar refractivity (Wildman–Crippen MR) is 193 cm³/mol. The summed E-state index contributed by atoms with van der Waals surface area (Å²) in [6.45, 7) is 4.19. The van der Waals surface area contributed by atoms with E-state index >= 15 is 0 Å². The molecule has 0 heterocycles. The van der Waals surface area contributed by atoms with Gasteiger partial charge in [-0.2, -0.15) is 0 Å². The molecule has 44 heavy (non-hydrogen) atoms. The Bertz CT molecular complexity index is 672. The summed E-state index contributed by atoms with van der Waals surface area (Å²) in [7, 11) is 0. The molecule has 1 amide bonds. The summed E-state index contributed by atoms with van der Waals surface area (Å²) in [6, 6.07) is -0.616. The average molecular weight is 618 g/mol. The van der Waals surface area contributed by atoms with Crippen LogP contribution in [0.15, 0.2) is 36.5 Å². The van der Waals surface area contributed by atoms with E-state index in [1.165, 1.54) is 141 Å². The molecule has 2 atom stereocenters. The summed E-state index contributed by atoms with van der Waals surface area (Å²) in [5.41, 5.74) is 0. The quantitative estimate of drug-likeness (QED) is 0.0497. The number of carbonyl (C=O) groups is 1. The molecule has 0 saturated carbocycles. The highest BCUT2D eigenvalue weighted by atomic mass is 16.3. The lowest BCUT2D eigenvalue weighted by atomic mass is 10.0. The highest BCUT2D eigenvalue weighted by Gasteiger charge is 2.17. The Labute approximate surface area is 274 Å². The molecule has 2 unspecified atom stereocenters. The van der Waals surface area contributed by atoms with E-state index in [-0.39, 0.29) is 12.5 Å². The monoisotopic (exact) mass is 618 g/mol. The molecule has 0 radical (unpaired) electrons. The fourth-order valence-corrected chi connectivity index (χ4v) is 5.62. The molecule has 0 saturated heterocycles. The number of unbranched alkanes of at least 4 members (excludes halogenated alkanes) is 23. The minimum atomic E-state index is -0.833. The smallest absolute Gasteiger partial charge is 0.220 e. The number of carbonyl (C=O) groups excluding carboxylic acids is 1. The molecule has 0 bridgehead atoms. The van der Waals surface area contributed by atoms with Crippen LogP contribution in [0, 0.1) is 0 Å². The number of hydrogen-bond acceptors (Lipinski definition) is 3. The van der Waals surface area contributed by atoms with Gasteiger partial charge in [0.1, 0.15) is 0 Å². The molecule has 258 valence electrons. The van der Waals surface area contributed by atoms with Crippen LogP contribution < -0.4 is 5.32 Å². The molecule has 0 aliphatic carbocycles. The van der Waals surface area contributed by atoms with Crippen molar-refractivity contribution in [2.75, 3.05) is 6.61 Å². The zero-order chi connectivity index (χ0) is 32.2. The fourth-order valence-electron chi connectivity index (χ4n) is 5.62. The van der Waals surface area contributed by atoms with Crippen molar-refractivity contribution in [2.45, 2.75) is 206 Å². The van der Waals surface area contributed by atoms with Gasteiger partial charge < -0.3 is 15.5 Å². The summed E-state index contributed by atoms with van der Waals surface area (Å²) in [4.78, 5) is 12.2. The van der Waals surface area contributed by atoms with Gasteiger partial charge in [0.2, 0.25) is 5.91 Å². The largest absolute Gasteiger partial charge is 0.394 e. The molecule has 0 spiro atoms. The second-order valence-corrected chi connectivity index (χ2v) is 13.0. The molecule has 0 aliphatic heterocycles. The number of aliphatic hydroxyl groups excluding tert-OH is 2. The minimum Gasteiger partial charge on any atom is -0.394 e. The number of nitrogens with one attached hydrogen (secondary N) is 1. The van der Waals surface area contributed by atoms with Crippen LogP contribution in [-0.4, -0.2) is 34.9 Å².